The average molecular weight is 370 g/mol. The number of alkyl halides is 3. The van der Waals surface area contributed by atoms with E-state index in [9.17, 15) is 18.0 Å². The largest absolute Gasteiger partial charge is 0.416 e. The second-order valence-electron chi connectivity index (χ2n) is 5.75. The van der Waals surface area contributed by atoms with Gasteiger partial charge in [-0.15, -0.1) is 6.42 Å². The van der Waals surface area contributed by atoms with Gasteiger partial charge in [-0.25, -0.2) is 4.98 Å². The van der Waals surface area contributed by atoms with Crippen LogP contribution in [0.2, 0.25) is 0 Å². The van der Waals surface area contributed by atoms with E-state index in [0.717, 1.165) is 12.1 Å². The van der Waals surface area contributed by atoms with Crippen LogP contribution in [0.1, 0.15) is 27.2 Å². The Morgan fingerprint density at radius 1 is 1.22 bits per heavy atom. The number of hydrogen-bond donors (Lipinski definition) is 1. The molecule has 0 saturated heterocycles. The van der Waals surface area contributed by atoms with E-state index >= 15 is 0 Å². The van der Waals surface area contributed by atoms with Gasteiger partial charge in [-0.1, -0.05) is 5.92 Å². The van der Waals surface area contributed by atoms with Crippen LogP contribution >= 0.6 is 0 Å². The van der Waals surface area contributed by atoms with E-state index in [4.69, 9.17) is 6.42 Å². The molecule has 2 aromatic heterocycles. The zero-order chi connectivity index (χ0) is 19.6. The smallest absolute Gasteiger partial charge is 0.322 e. The minimum atomic E-state index is -4.57. The normalized spacial score (nSPS) is 11.1. The van der Waals surface area contributed by atoms with Crippen LogP contribution in [0.4, 0.5) is 18.9 Å². The number of hydrogen-bond acceptors (Lipinski definition) is 3. The molecule has 0 unspecified atom stereocenters. The third-order valence-corrected chi connectivity index (χ3v) is 3.68. The summed E-state index contributed by atoms with van der Waals surface area (Å²) < 4.78 is 41.2. The molecule has 0 spiro atoms. The molecule has 0 atom stereocenters. The minimum Gasteiger partial charge on any atom is -0.322 e. The van der Waals surface area contributed by atoms with Crippen molar-refractivity contribution in [3.05, 3.63) is 71.6 Å². The maximum Gasteiger partial charge on any atom is 0.416 e. The molecule has 136 valence electrons. The first kappa shape index (κ1) is 18.2. The van der Waals surface area contributed by atoms with E-state index in [2.05, 4.69) is 21.2 Å². The Balaban J connectivity index is 1.99. The number of carbonyl (C=O) groups excluding carboxylic acids is 1. The molecule has 0 radical (unpaired) electrons. The van der Waals surface area contributed by atoms with Gasteiger partial charge in [-0.05, 0) is 31.2 Å². The van der Waals surface area contributed by atoms with Crippen molar-refractivity contribution in [3.63, 3.8) is 0 Å². The van der Waals surface area contributed by atoms with E-state index in [1.807, 2.05) is 0 Å². The molecule has 1 aromatic carbocycles. The van der Waals surface area contributed by atoms with Gasteiger partial charge in [-0.3, -0.25) is 9.78 Å². The van der Waals surface area contributed by atoms with E-state index in [-0.39, 0.29) is 16.9 Å². The average Bonchev–Trinajstić information content (AvgIpc) is 3.07. The van der Waals surface area contributed by atoms with Crippen molar-refractivity contribution >= 4 is 11.6 Å². The van der Waals surface area contributed by atoms with Crippen molar-refractivity contribution in [2.75, 3.05) is 5.32 Å². The highest BCUT2D eigenvalue weighted by Crippen LogP contribution is 2.33. The Kier molecular flexibility index (Phi) is 4.69. The van der Waals surface area contributed by atoms with Crippen LogP contribution in [0.5, 0.6) is 0 Å². The highest BCUT2D eigenvalue weighted by Gasteiger charge is 2.31. The Bertz CT molecular complexity index is 1050. The molecular weight excluding hydrogens is 357 g/mol. The SMILES string of the molecule is C#Cc1cncc(C(=O)Nc2cc(-n3cnc(C)c3)cc(C(F)(F)F)c2)c1. The number of nitrogens with zero attached hydrogens (tertiary/aromatic N) is 3. The van der Waals surface area contributed by atoms with Crippen LogP contribution in [0.25, 0.3) is 5.69 Å². The summed E-state index contributed by atoms with van der Waals surface area (Å²) in [5, 5.41) is 2.46. The Hall–Kier alpha value is -3.60. The lowest BCUT2D eigenvalue weighted by atomic mass is 10.1. The van der Waals surface area contributed by atoms with Gasteiger partial charge in [0, 0.05) is 35.5 Å². The number of rotatable bonds is 3. The number of nitrogens with one attached hydrogen (secondary N) is 1. The first-order valence-corrected chi connectivity index (χ1v) is 7.72. The van der Waals surface area contributed by atoms with Crippen molar-refractivity contribution in [2.45, 2.75) is 13.1 Å². The van der Waals surface area contributed by atoms with Crippen molar-refractivity contribution in [2.24, 2.45) is 0 Å². The molecule has 0 aliphatic carbocycles. The predicted molar refractivity (Wildman–Crippen MR) is 93.4 cm³/mol. The topological polar surface area (TPSA) is 59.8 Å². The van der Waals surface area contributed by atoms with E-state index < -0.39 is 17.6 Å². The van der Waals surface area contributed by atoms with Crippen molar-refractivity contribution in [1.29, 1.82) is 0 Å². The number of aryl methyl sites for hydroxylation is 1. The van der Waals surface area contributed by atoms with Gasteiger partial charge in [0.25, 0.3) is 5.91 Å². The number of pyridine rings is 1. The predicted octanol–water partition coefficient (Wildman–Crippen LogP) is 3.83. The molecule has 1 amide bonds. The number of terminal acetylenes is 1. The monoisotopic (exact) mass is 370 g/mol. The molecule has 0 aliphatic heterocycles. The van der Waals surface area contributed by atoms with Gasteiger partial charge in [0.05, 0.1) is 23.1 Å². The molecule has 3 rings (SSSR count). The molecule has 0 bridgehead atoms. The van der Waals surface area contributed by atoms with Gasteiger partial charge in [-0.2, -0.15) is 13.2 Å². The number of imidazole rings is 1. The first-order valence-electron chi connectivity index (χ1n) is 7.72. The number of aromatic nitrogens is 3. The highest BCUT2D eigenvalue weighted by molar-refractivity contribution is 6.04. The number of anilines is 1. The van der Waals surface area contributed by atoms with Crippen LogP contribution < -0.4 is 5.32 Å². The van der Waals surface area contributed by atoms with E-state index in [1.54, 1.807) is 13.1 Å². The molecule has 2 heterocycles. The van der Waals surface area contributed by atoms with Crippen molar-refractivity contribution in [3.8, 4) is 18.0 Å². The second-order valence-corrected chi connectivity index (χ2v) is 5.75. The maximum atomic E-state index is 13.3. The second kappa shape index (κ2) is 6.96. The van der Waals surface area contributed by atoms with Gasteiger partial charge < -0.3 is 9.88 Å². The zero-order valence-corrected chi connectivity index (χ0v) is 14.1. The van der Waals surface area contributed by atoms with Crippen LogP contribution in [-0.2, 0) is 6.18 Å². The van der Waals surface area contributed by atoms with Gasteiger partial charge >= 0.3 is 6.18 Å². The fourth-order valence-electron chi connectivity index (χ4n) is 2.40. The Morgan fingerprint density at radius 2 is 2.00 bits per heavy atom. The molecule has 27 heavy (non-hydrogen) atoms. The lowest BCUT2D eigenvalue weighted by molar-refractivity contribution is -0.137. The molecule has 0 fully saturated rings. The van der Waals surface area contributed by atoms with Crippen LogP contribution in [0.3, 0.4) is 0 Å². The number of carbonyl (C=O) groups is 1. The molecule has 0 saturated carbocycles. The summed E-state index contributed by atoms with van der Waals surface area (Å²) in [6.07, 6.45) is 6.37. The van der Waals surface area contributed by atoms with E-state index in [1.165, 1.54) is 35.4 Å². The number of benzene rings is 1. The molecular formula is C19H13F3N4O. The minimum absolute atomic E-state index is 0.0118. The molecule has 5 nitrogen and oxygen atoms in total. The maximum absolute atomic E-state index is 13.3. The molecule has 3 aromatic rings. The Labute approximate surface area is 152 Å². The van der Waals surface area contributed by atoms with Crippen LogP contribution in [0.15, 0.2) is 49.2 Å². The summed E-state index contributed by atoms with van der Waals surface area (Å²) in [6.45, 7) is 1.72. The summed E-state index contributed by atoms with van der Waals surface area (Å²) >= 11 is 0. The van der Waals surface area contributed by atoms with Gasteiger partial charge in [0.15, 0.2) is 0 Å². The van der Waals surface area contributed by atoms with Crippen LogP contribution in [-0.4, -0.2) is 20.4 Å². The third kappa shape index (κ3) is 4.15. The van der Waals surface area contributed by atoms with E-state index in [0.29, 0.717) is 11.3 Å². The fraction of sp³-hybridized carbons (Fsp3) is 0.105. The lowest BCUT2D eigenvalue weighted by Gasteiger charge is -2.13. The Morgan fingerprint density at radius 3 is 2.63 bits per heavy atom. The summed E-state index contributed by atoms with van der Waals surface area (Å²) in [6, 6.07) is 4.70. The van der Waals surface area contributed by atoms with Gasteiger partial charge in [0.1, 0.15) is 0 Å². The fourth-order valence-corrected chi connectivity index (χ4v) is 2.40. The van der Waals surface area contributed by atoms with Crippen molar-refractivity contribution in [1.82, 2.24) is 14.5 Å². The summed E-state index contributed by atoms with van der Waals surface area (Å²) in [4.78, 5) is 20.2. The lowest BCUT2D eigenvalue weighted by Crippen LogP contribution is -2.14. The highest BCUT2D eigenvalue weighted by atomic mass is 19.4. The number of amides is 1. The summed E-state index contributed by atoms with van der Waals surface area (Å²) in [5.41, 5.74) is 0.495. The van der Waals surface area contributed by atoms with Crippen molar-refractivity contribution < 1.29 is 18.0 Å². The first-order chi connectivity index (χ1) is 12.8. The summed E-state index contributed by atoms with van der Waals surface area (Å²) in [5.74, 6) is 1.73. The summed E-state index contributed by atoms with van der Waals surface area (Å²) in [7, 11) is 0. The molecule has 8 heteroatoms. The zero-order valence-electron chi connectivity index (χ0n) is 14.1. The quantitative estimate of drug-likeness (QED) is 0.713. The van der Waals surface area contributed by atoms with Crippen LogP contribution in [0, 0.1) is 19.3 Å². The standard InChI is InChI=1S/C19H13F3N4O/c1-3-13-4-14(9-23-8-13)18(27)25-16-5-15(19(20,21)22)6-17(7-16)26-10-12(2)24-11-26/h1,4-11H,2H3,(H,25,27). The molecule has 1 N–H and O–H groups in total. The third-order valence-electron chi connectivity index (χ3n) is 3.68. The van der Waals surface area contributed by atoms with Gasteiger partial charge in [0.2, 0.25) is 0 Å². The number of halogens is 3. The molecule has 0 aliphatic rings.